The van der Waals surface area contributed by atoms with Crippen molar-refractivity contribution in [3.8, 4) is 22.3 Å². The first kappa shape index (κ1) is 23.4. The van der Waals surface area contributed by atoms with Crippen LogP contribution in [0.15, 0.2) is 91.2 Å². The van der Waals surface area contributed by atoms with Crippen LogP contribution in [0.2, 0.25) is 0 Å². The second kappa shape index (κ2) is 9.38. The fourth-order valence-electron chi connectivity index (χ4n) is 4.65. The molecule has 0 amide bonds. The molecule has 0 radical (unpaired) electrons. The number of para-hydroxylation sites is 1. The maximum Gasteiger partial charge on any atom is 0.344 e. The Morgan fingerprint density at radius 2 is 1.44 bits per heavy atom. The van der Waals surface area contributed by atoms with Gasteiger partial charge in [0.1, 0.15) is 11.2 Å². The average molecular weight is 481 g/mol. The van der Waals surface area contributed by atoms with Crippen molar-refractivity contribution in [1.29, 1.82) is 0 Å². The zero-order valence-corrected chi connectivity index (χ0v) is 20.9. The summed E-state index contributed by atoms with van der Waals surface area (Å²) in [5.41, 5.74) is 4.53. The molecular weight excluding hydrogens is 452 g/mol. The summed E-state index contributed by atoms with van der Waals surface area (Å²) in [6.07, 6.45) is 0. The van der Waals surface area contributed by atoms with Crippen molar-refractivity contribution in [2.45, 2.75) is 13.8 Å². The van der Waals surface area contributed by atoms with Gasteiger partial charge in [-0.1, -0.05) is 30.3 Å². The lowest BCUT2D eigenvalue weighted by molar-refractivity contribution is 0.556. The number of fused-ring (bicyclic) bond motifs is 2. The summed E-state index contributed by atoms with van der Waals surface area (Å²) in [5.74, 6) is 0. The highest BCUT2D eigenvalue weighted by molar-refractivity contribution is 6.01. The van der Waals surface area contributed by atoms with Crippen LogP contribution in [0.4, 0.5) is 11.4 Å². The Kier molecular flexibility index (Phi) is 6.10. The van der Waals surface area contributed by atoms with Gasteiger partial charge >= 0.3 is 11.3 Å². The second-order valence-electron chi connectivity index (χ2n) is 8.94. The molecule has 0 unspecified atom stereocenters. The van der Waals surface area contributed by atoms with Gasteiger partial charge < -0.3 is 18.6 Å². The molecule has 0 atom stereocenters. The quantitative estimate of drug-likeness (QED) is 0.272. The van der Waals surface area contributed by atoms with E-state index in [2.05, 4.69) is 18.7 Å². The van der Waals surface area contributed by atoms with Crippen LogP contribution in [0.5, 0.6) is 0 Å². The summed E-state index contributed by atoms with van der Waals surface area (Å²) in [4.78, 5) is 30.0. The summed E-state index contributed by atoms with van der Waals surface area (Å²) in [6.45, 7) is 5.90. The van der Waals surface area contributed by atoms with Gasteiger partial charge in [0.25, 0.3) is 0 Å². The number of anilines is 2. The van der Waals surface area contributed by atoms with Crippen molar-refractivity contribution in [2.24, 2.45) is 0 Å². The standard InChI is InChI=1S/C30H28N2O4/c1-5-32(6-2)22-15-12-20-16-26(30(34)35-27(20)17-22)24-9-7-8-23-25(18-28(33)36-29(23)24)19-10-13-21(14-11-19)31(3)4/h7-18H,5-6H2,1-4H3. The first-order valence-corrected chi connectivity index (χ1v) is 12.1. The smallest absolute Gasteiger partial charge is 0.344 e. The highest BCUT2D eigenvalue weighted by Gasteiger charge is 2.17. The number of rotatable bonds is 6. The Morgan fingerprint density at radius 1 is 0.722 bits per heavy atom. The zero-order chi connectivity index (χ0) is 25.4. The minimum absolute atomic E-state index is 0.354. The minimum Gasteiger partial charge on any atom is -0.422 e. The number of hydrogen-bond donors (Lipinski definition) is 0. The molecule has 5 rings (SSSR count). The molecule has 0 N–H and O–H groups in total. The maximum absolute atomic E-state index is 13.1. The summed E-state index contributed by atoms with van der Waals surface area (Å²) in [6, 6.07) is 22.7. The van der Waals surface area contributed by atoms with Gasteiger partial charge in [-0.05, 0) is 55.3 Å². The van der Waals surface area contributed by atoms with E-state index in [-0.39, 0.29) is 0 Å². The molecule has 0 aliphatic rings. The second-order valence-corrected chi connectivity index (χ2v) is 8.94. The Morgan fingerprint density at radius 3 is 2.14 bits per heavy atom. The molecule has 0 saturated heterocycles. The average Bonchev–Trinajstić information content (AvgIpc) is 2.88. The summed E-state index contributed by atoms with van der Waals surface area (Å²) < 4.78 is 11.4. The molecule has 0 aliphatic heterocycles. The number of benzene rings is 3. The SMILES string of the molecule is CCN(CC)c1ccc2cc(-c3cccc4c(-c5ccc(N(C)C)cc5)cc(=O)oc34)c(=O)oc2c1. The van der Waals surface area contributed by atoms with Gasteiger partial charge in [-0.3, -0.25) is 0 Å². The normalized spacial score (nSPS) is 11.2. The van der Waals surface area contributed by atoms with E-state index in [4.69, 9.17) is 8.83 Å². The lowest BCUT2D eigenvalue weighted by Crippen LogP contribution is -2.21. The minimum atomic E-state index is -0.477. The Bertz CT molecular complexity index is 1680. The third kappa shape index (κ3) is 4.15. The van der Waals surface area contributed by atoms with Crippen molar-refractivity contribution >= 4 is 33.3 Å². The molecule has 2 aromatic heterocycles. The van der Waals surface area contributed by atoms with Crippen LogP contribution >= 0.6 is 0 Å². The first-order valence-electron chi connectivity index (χ1n) is 12.1. The molecule has 6 nitrogen and oxygen atoms in total. The molecule has 2 heterocycles. The monoisotopic (exact) mass is 480 g/mol. The molecule has 36 heavy (non-hydrogen) atoms. The molecular formula is C30H28N2O4. The Balaban J connectivity index is 1.68. The van der Waals surface area contributed by atoms with Crippen molar-refractivity contribution in [3.63, 3.8) is 0 Å². The maximum atomic E-state index is 13.1. The zero-order valence-electron chi connectivity index (χ0n) is 20.9. The largest absolute Gasteiger partial charge is 0.422 e. The van der Waals surface area contributed by atoms with Crippen LogP contribution in [0, 0.1) is 0 Å². The third-order valence-electron chi connectivity index (χ3n) is 6.60. The van der Waals surface area contributed by atoms with E-state index in [1.807, 2.05) is 73.6 Å². The van der Waals surface area contributed by atoms with Gasteiger partial charge in [0.2, 0.25) is 0 Å². The predicted molar refractivity (Wildman–Crippen MR) is 147 cm³/mol. The first-order chi connectivity index (χ1) is 17.4. The molecule has 6 heteroatoms. The summed E-state index contributed by atoms with van der Waals surface area (Å²) in [7, 11) is 3.96. The molecule has 5 aromatic rings. The lowest BCUT2D eigenvalue weighted by Gasteiger charge is -2.21. The third-order valence-corrected chi connectivity index (χ3v) is 6.60. The molecule has 0 spiro atoms. The fourth-order valence-corrected chi connectivity index (χ4v) is 4.65. The van der Waals surface area contributed by atoms with Crippen molar-refractivity contribution in [3.05, 3.63) is 93.6 Å². The van der Waals surface area contributed by atoms with Crippen LogP contribution in [0.3, 0.4) is 0 Å². The van der Waals surface area contributed by atoms with Crippen LogP contribution in [0.25, 0.3) is 44.2 Å². The van der Waals surface area contributed by atoms with Crippen molar-refractivity contribution in [1.82, 2.24) is 0 Å². The van der Waals surface area contributed by atoms with Gasteiger partial charge in [0, 0.05) is 67.0 Å². The lowest BCUT2D eigenvalue weighted by atomic mass is 9.97. The van der Waals surface area contributed by atoms with E-state index < -0.39 is 11.3 Å². The van der Waals surface area contributed by atoms with E-state index in [0.717, 1.165) is 46.4 Å². The van der Waals surface area contributed by atoms with E-state index in [0.29, 0.717) is 22.3 Å². The van der Waals surface area contributed by atoms with Crippen LogP contribution in [0.1, 0.15) is 13.8 Å². The van der Waals surface area contributed by atoms with Gasteiger partial charge in [0.15, 0.2) is 0 Å². The highest BCUT2D eigenvalue weighted by Crippen LogP contribution is 2.34. The van der Waals surface area contributed by atoms with Crippen molar-refractivity contribution < 1.29 is 8.83 Å². The predicted octanol–water partition coefficient (Wildman–Crippen LogP) is 6.15. The molecule has 0 fully saturated rings. The summed E-state index contributed by atoms with van der Waals surface area (Å²) >= 11 is 0. The van der Waals surface area contributed by atoms with E-state index >= 15 is 0 Å². The molecule has 3 aromatic carbocycles. The fraction of sp³-hybridized carbons (Fsp3) is 0.200. The Labute approximate surface area is 209 Å². The van der Waals surface area contributed by atoms with Gasteiger partial charge in [-0.2, -0.15) is 0 Å². The number of hydrogen-bond acceptors (Lipinski definition) is 6. The van der Waals surface area contributed by atoms with Gasteiger partial charge in [-0.25, -0.2) is 9.59 Å². The van der Waals surface area contributed by atoms with Crippen LogP contribution < -0.4 is 21.1 Å². The van der Waals surface area contributed by atoms with Crippen LogP contribution in [-0.2, 0) is 0 Å². The van der Waals surface area contributed by atoms with Crippen LogP contribution in [-0.4, -0.2) is 27.2 Å². The Hall–Kier alpha value is -4.32. The van der Waals surface area contributed by atoms with Crippen molar-refractivity contribution in [2.75, 3.05) is 37.0 Å². The van der Waals surface area contributed by atoms with E-state index in [9.17, 15) is 9.59 Å². The number of nitrogens with zero attached hydrogens (tertiary/aromatic N) is 2. The molecule has 0 aliphatic carbocycles. The molecule has 0 bridgehead atoms. The van der Waals surface area contributed by atoms with Gasteiger partial charge in [0.05, 0.1) is 5.56 Å². The summed E-state index contributed by atoms with van der Waals surface area (Å²) in [5, 5.41) is 1.55. The van der Waals surface area contributed by atoms with E-state index in [1.54, 1.807) is 12.1 Å². The molecule has 182 valence electrons. The highest BCUT2D eigenvalue weighted by atomic mass is 16.4. The van der Waals surface area contributed by atoms with Gasteiger partial charge in [-0.15, -0.1) is 0 Å². The van der Waals surface area contributed by atoms with E-state index in [1.165, 1.54) is 6.07 Å². The topological polar surface area (TPSA) is 66.9 Å². The molecule has 0 saturated carbocycles.